The number of carbonyl (C=O) groups is 1. The van der Waals surface area contributed by atoms with E-state index < -0.39 is 0 Å². The summed E-state index contributed by atoms with van der Waals surface area (Å²) in [5.74, 6) is 1.36. The highest BCUT2D eigenvalue weighted by Crippen LogP contribution is 2.30. The number of hydrogen-bond donors (Lipinski definition) is 1. The van der Waals surface area contributed by atoms with Crippen molar-refractivity contribution < 1.29 is 14.3 Å². The molecular formula is C15H19N3O3S2. The Bertz CT molecular complexity index is 649. The van der Waals surface area contributed by atoms with Crippen LogP contribution < -0.4 is 14.8 Å². The number of carbonyl (C=O) groups excluding carboxylic acids is 1. The minimum atomic E-state index is -0.262. The molecule has 2 aromatic rings. The number of amides is 1. The lowest BCUT2D eigenvalue weighted by atomic mass is 10.1. The Morgan fingerprint density at radius 1 is 1.30 bits per heavy atom. The number of benzene rings is 1. The standard InChI is InChI=1S/C15H19N3O3S2/c1-9(12-7-11(20-3)5-6-13(12)21-4)17-14(19)10(2)23-15-18-16-8-22-15/h5-10H,1-4H3,(H,17,19)/t9-,10-/m0/s1. The summed E-state index contributed by atoms with van der Waals surface area (Å²) in [7, 11) is 3.21. The molecule has 0 aliphatic rings. The van der Waals surface area contributed by atoms with Crippen molar-refractivity contribution in [2.24, 2.45) is 0 Å². The van der Waals surface area contributed by atoms with Crippen molar-refractivity contribution in [3.05, 3.63) is 29.3 Å². The third-order valence-electron chi connectivity index (χ3n) is 3.25. The van der Waals surface area contributed by atoms with Crippen LogP contribution in [0, 0.1) is 0 Å². The molecule has 23 heavy (non-hydrogen) atoms. The van der Waals surface area contributed by atoms with Gasteiger partial charge >= 0.3 is 0 Å². The molecule has 0 aliphatic heterocycles. The van der Waals surface area contributed by atoms with Crippen LogP contribution in [0.4, 0.5) is 0 Å². The van der Waals surface area contributed by atoms with Gasteiger partial charge in [0.05, 0.1) is 25.5 Å². The zero-order valence-electron chi connectivity index (χ0n) is 13.4. The minimum Gasteiger partial charge on any atom is -0.497 e. The molecule has 2 rings (SSSR count). The van der Waals surface area contributed by atoms with Gasteiger partial charge < -0.3 is 14.8 Å². The second kappa shape index (κ2) is 8.16. The number of methoxy groups -OCH3 is 2. The van der Waals surface area contributed by atoms with Crippen LogP contribution in [0.3, 0.4) is 0 Å². The summed E-state index contributed by atoms with van der Waals surface area (Å²) < 4.78 is 11.4. The summed E-state index contributed by atoms with van der Waals surface area (Å²) in [5, 5.41) is 10.4. The fourth-order valence-electron chi connectivity index (χ4n) is 2.01. The van der Waals surface area contributed by atoms with Crippen LogP contribution >= 0.6 is 23.1 Å². The molecule has 0 bridgehead atoms. The van der Waals surface area contributed by atoms with Gasteiger partial charge in [-0.25, -0.2) is 0 Å². The normalized spacial score (nSPS) is 13.2. The smallest absolute Gasteiger partial charge is 0.233 e. The van der Waals surface area contributed by atoms with E-state index in [0.717, 1.165) is 15.7 Å². The highest BCUT2D eigenvalue weighted by Gasteiger charge is 2.20. The minimum absolute atomic E-state index is 0.0671. The van der Waals surface area contributed by atoms with Crippen molar-refractivity contribution in [3.8, 4) is 11.5 Å². The maximum absolute atomic E-state index is 12.4. The molecule has 1 aromatic carbocycles. The molecule has 0 radical (unpaired) electrons. The average Bonchev–Trinajstić information content (AvgIpc) is 3.06. The number of aromatic nitrogens is 2. The monoisotopic (exact) mass is 353 g/mol. The molecule has 0 aliphatic carbocycles. The maximum atomic E-state index is 12.4. The summed E-state index contributed by atoms with van der Waals surface area (Å²) in [6.45, 7) is 3.76. The van der Waals surface area contributed by atoms with E-state index in [1.165, 1.54) is 23.1 Å². The molecule has 2 atom stereocenters. The van der Waals surface area contributed by atoms with Crippen molar-refractivity contribution in [2.45, 2.75) is 29.5 Å². The molecule has 124 valence electrons. The molecule has 0 saturated carbocycles. The molecule has 1 heterocycles. The van der Waals surface area contributed by atoms with E-state index >= 15 is 0 Å². The number of nitrogens with zero attached hydrogens (tertiary/aromatic N) is 2. The molecular weight excluding hydrogens is 334 g/mol. The Morgan fingerprint density at radius 2 is 2.09 bits per heavy atom. The van der Waals surface area contributed by atoms with Gasteiger partial charge in [0.25, 0.3) is 0 Å². The van der Waals surface area contributed by atoms with Crippen molar-refractivity contribution in [2.75, 3.05) is 14.2 Å². The lowest BCUT2D eigenvalue weighted by Crippen LogP contribution is -2.33. The van der Waals surface area contributed by atoms with Crippen LogP contribution in [-0.4, -0.2) is 35.6 Å². The predicted molar refractivity (Wildman–Crippen MR) is 91.3 cm³/mol. The Balaban J connectivity index is 2.05. The van der Waals surface area contributed by atoms with E-state index in [-0.39, 0.29) is 17.2 Å². The quantitative estimate of drug-likeness (QED) is 0.772. The number of rotatable bonds is 7. The van der Waals surface area contributed by atoms with E-state index in [1.54, 1.807) is 19.7 Å². The number of nitrogens with one attached hydrogen (secondary N) is 1. The fraction of sp³-hybridized carbons (Fsp3) is 0.400. The van der Waals surface area contributed by atoms with E-state index in [1.807, 2.05) is 32.0 Å². The summed E-state index contributed by atoms with van der Waals surface area (Å²) in [6, 6.07) is 5.32. The van der Waals surface area contributed by atoms with Gasteiger partial charge in [-0.2, -0.15) is 0 Å². The Hall–Kier alpha value is -1.80. The zero-order valence-corrected chi connectivity index (χ0v) is 15.0. The SMILES string of the molecule is COc1ccc(OC)c([C@H](C)NC(=O)[C@H](C)Sc2nncs2)c1. The number of hydrogen-bond acceptors (Lipinski definition) is 7. The lowest BCUT2D eigenvalue weighted by Gasteiger charge is -2.20. The van der Waals surface area contributed by atoms with Gasteiger partial charge in [0.1, 0.15) is 17.0 Å². The Labute approximate surface area is 143 Å². The van der Waals surface area contributed by atoms with E-state index in [9.17, 15) is 4.79 Å². The Kier molecular flexibility index (Phi) is 6.23. The van der Waals surface area contributed by atoms with Crippen LogP contribution in [0.25, 0.3) is 0 Å². The van der Waals surface area contributed by atoms with Crippen molar-refractivity contribution in [3.63, 3.8) is 0 Å². The number of thioether (sulfide) groups is 1. The summed E-state index contributed by atoms with van der Waals surface area (Å²) in [5.41, 5.74) is 2.52. The van der Waals surface area contributed by atoms with Crippen LogP contribution in [0.15, 0.2) is 28.0 Å². The summed E-state index contributed by atoms with van der Waals surface area (Å²) in [6.07, 6.45) is 0. The van der Waals surface area contributed by atoms with Gasteiger partial charge in [0.15, 0.2) is 4.34 Å². The molecule has 8 heteroatoms. The largest absolute Gasteiger partial charge is 0.497 e. The molecule has 1 N–H and O–H groups in total. The van der Waals surface area contributed by atoms with E-state index in [0.29, 0.717) is 5.75 Å². The Morgan fingerprint density at radius 3 is 2.70 bits per heavy atom. The number of ether oxygens (including phenoxy) is 2. The summed E-state index contributed by atoms with van der Waals surface area (Å²) >= 11 is 2.81. The molecule has 6 nitrogen and oxygen atoms in total. The van der Waals surface area contributed by atoms with Crippen molar-refractivity contribution in [1.29, 1.82) is 0 Å². The molecule has 0 spiro atoms. The molecule has 0 fully saturated rings. The van der Waals surface area contributed by atoms with Crippen LogP contribution in [0.2, 0.25) is 0 Å². The fourth-order valence-corrected chi connectivity index (χ4v) is 3.64. The maximum Gasteiger partial charge on any atom is 0.233 e. The van der Waals surface area contributed by atoms with Crippen LogP contribution in [0.1, 0.15) is 25.5 Å². The molecule has 0 saturated heterocycles. The third-order valence-corrected chi connectivity index (χ3v) is 5.16. The molecule has 1 amide bonds. The van der Waals surface area contributed by atoms with Gasteiger partial charge in [-0.15, -0.1) is 10.2 Å². The van der Waals surface area contributed by atoms with Crippen LogP contribution in [0.5, 0.6) is 11.5 Å². The lowest BCUT2D eigenvalue weighted by molar-refractivity contribution is -0.120. The highest BCUT2D eigenvalue weighted by molar-refractivity contribution is 8.02. The highest BCUT2D eigenvalue weighted by atomic mass is 32.2. The van der Waals surface area contributed by atoms with E-state index in [2.05, 4.69) is 15.5 Å². The van der Waals surface area contributed by atoms with Gasteiger partial charge in [-0.3, -0.25) is 4.79 Å². The average molecular weight is 353 g/mol. The van der Waals surface area contributed by atoms with Crippen molar-refractivity contribution in [1.82, 2.24) is 15.5 Å². The van der Waals surface area contributed by atoms with Gasteiger partial charge in [-0.1, -0.05) is 23.1 Å². The zero-order chi connectivity index (χ0) is 16.8. The molecule has 1 aromatic heterocycles. The predicted octanol–water partition coefficient (Wildman–Crippen LogP) is 2.91. The first-order chi connectivity index (χ1) is 11.0. The van der Waals surface area contributed by atoms with Gasteiger partial charge in [0, 0.05) is 5.56 Å². The second-order valence-corrected chi connectivity index (χ2v) is 7.22. The third kappa shape index (κ3) is 4.59. The van der Waals surface area contributed by atoms with Crippen LogP contribution in [-0.2, 0) is 4.79 Å². The van der Waals surface area contributed by atoms with Gasteiger partial charge in [-0.05, 0) is 32.0 Å². The second-order valence-electron chi connectivity index (χ2n) is 4.80. The van der Waals surface area contributed by atoms with E-state index in [4.69, 9.17) is 9.47 Å². The molecule has 0 unspecified atom stereocenters. The first-order valence-corrected chi connectivity index (χ1v) is 8.76. The van der Waals surface area contributed by atoms with Gasteiger partial charge in [0.2, 0.25) is 5.91 Å². The summed E-state index contributed by atoms with van der Waals surface area (Å²) in [4.78, 5) is 12.4. The first kappa shape index (κ1) is 17.6. The first-order valence-electron chi connectivity index (χ1n) is 7.00. The van der Waals surface area contributed by atoms with Crippen molar-refractivity contribution >= 4 is 29.0 Å². The topological polar surface area (TPSA) is 73.3 Å².